The Morgan fingerprint density at radius 2 is 1.35 bits per heavy atom. The number of nitrogens with zero attached hydrogens (tertiary/aromatic N) is 5. The van der Waals surface area contributed by atoms with Gasteiger partial charge < -0.3 is 95.1 Å². The first-order valence-corrected chi connectivity index (χ1v) is 21.6. The van der Waals surface area contributed by atoms with Gasteiger partial charge >= 0.3 is 35.5 Å². The summed E-state index contributed by atoms with van der Waals surface area (Å²) in [7, 11) is -4.96. The molecule has 6 aliphatic heterocycles. The molecule has 0 saturated carbocycles. The summed E-state index contributed by atoms with van der Waals surface area (Å²) < 4.78 is 60.8. The van der Waals surface area contributed by atoms with E-state index in [1.54, 1.807) is 13.8 Å². The van der Waals surface area contributed by atoms with Crippen molar-refractivity contribution >= 4 is 40.1 Å². The van der Waals surface area contributed by atoms with Crippen LogP contribution in [0.25, 0.3) is 0 Å². The first kappa shape index (κ1) is 55.9. The molecule has 16 atom stereocenters. The molecule has 6 rings (SSSR count). The zero-order valence-corrected chi connectivity index (χ0v) is 38.5. The van der Waals surface area contributed by atoms with Crippen LogP contribution in [0.3, 0.4) is 0 Å². The fraction of sp³-hybridized carbons (Fsp3) is 0.853. The second kappa shape index (κ2) is 23.2. The van der Waals surface area contributed by atoms with Crippen LogP contribution in [0.4, 0.5) is 0 Å². The van der Waals surface area contributed by atoms with E-state index in [1.165, 1.54) is 0 Å². The Bertz CT molecular complexity index is 1890. The maximum Gasteiger partial charge on any atom is 1.00 e. The molecular formula is C34H53N8NaO22S. The Morgan fingerprint density at radius 3 is 1.86 bits per heavy atom. The maximum atomic E-state index is 12.6. The fourth-order valence-electron chi connectivity index (χ4n) is 7.06. The van der Waals surface area contributed by atoms with Crippen LogP contribution in [0.5, 0.6) is 0 Å². The minimum Gasteiger partial charge on any atom is -0.747 e. The summed E-state index contributed by atoms with van der Waals surface area (Å²) in [5.41, 5.74) is 4.66. The summed E-state index contributed by atoms with van der Waals surface area (Å²) in [6, 6.07) is -4.08. The Labute approximate surface area is 397 Å². The molecule has 6 aliphatic rings. The van der Waals surface area contributed by atoms with Crippen LogP contribution in [0.2, 0.25) is 0 Å². The van der Waals surface area contributed by atoms with E-state index in [9.17, 15) is 77.8 Å². The number of aliphatic hydroxyl groups excluding tert-OH is 8. The van der Waals surface area contributed by atoms with Crippen molar-refractivity contribution in [1.29, 1.82) is 0 Å². The van der Waals surface area contributed by atoms with Crippen molar-refractivity contribution in [3.8, 4) is 0 Å². The maximum absolute atomic E-state index is 12.6. The van der Waals surface area contributed by atoms with E-state index in [-0.39, 0.29) is 60.4 Å². The molecule has 0 bridgehead atoms. The monoisotopic (exact) mass is 980 g/mol. The van der Waals surface area contributed by atoms with Gasteiger partial charge in [-0.15, -0.1) is 5.06 Å². The Balaban J connectivity index is 0.000000378. The van der Waals surface area contributed by atoms with Crippen molar-refractivity contribution in [3.05, 3.63) is 0 Å². The second-order valence-electron chi connectivity index (χ2n) is 16.1. The first-order valence-electron chi connectivity index (χ1n) is 20.1. The number of amides is 3. The molecule has 0 aromatic carbocycles. The largest absolute Gasteiger partial charge is 1.00 e. The quantitative estimate of drug-likeness (QED) is 0.0248. The van der Waals surface area contributed by atoms with Crippen molar-refractivity contribution in [2.75, 3.05) is 26.4 Å². The number of carbonyl (C=O) groups excluding carboxylic acids is 5. The van der Waals surface area contributed by atoms with E-state index in [0.717, 1.165) is 0 Å². The van der Waals surface area contributed by atoms with Crippen molar-refractivity contribution in [3.63, 3.8) is 0 Å². The van der Waals surface area contributed by atoms with Gasteiger partial charge in [0.1, 0.15) is 82.6 Å². The van der Waals surface area contributed by atoms with Crippen LogP contribution < -0.4 is 45.9 Å². The van der Waals surface area contributed by atoms with Gasteiger partial charge in [0.25, 0.3) is 11.8 Å². The third-order valence-corrected chi connectivity index (χ3v) is 12.2. The Morgan fingerprint density at radius 1 is 0.833 bits per heavy atom. The van der Waals surface area contributed by atoms with Gasteiger partial charge in [0, 0.05) is 19.3 Å². The Kier molecular flexibility index (Phi) is 19.7. The molecular weight excluding hydrogens is 927 g/mol. The van der Waals surface area contributed by atoms with Gasteiger partial charge in [0.15, 0.2) is 30.2 Å². The standard InChI is InChI=1S/C25H43N5O15.C9H11N3O7S.Na/c1-25(29-30-25)3-2-12(35)28-14-18(38)20(10(7-33)41-22(14)40)45-24-15(27-4-5-31)19(39)21(11(8-34)43-24)44-23-13(26)17(37)16(36)9(6-32)42-23;1-9(10-11-9)3-2-7(14)19-12-6(13)4-5(8(12)15)20(16,17)18;/h5,9-11,13-24,27,32-34,36-40H,2-4,6-8,26H2,1H3,(H,28,35);5H,2-4H2,1H3,(H,16,17,18);/q;;+1/p-1. The van der Waals surface area contributed by atoms with Gasteiger partial charge in [-0.25, -0.2) is 13.2 Å². The molecule has 4 fully saturated rings. The molecule has 0 spiro atoms. The predicted molar refractivity (Wildman–Crippen MR) is 202 cm³/mol. The van der Waals surface area contributed by atoms with Crippen LogP contribution in [0, 0.1) is 0 Å². The molecule has 16 unspecified atom stereocenters. The van der Waals surface area contributed by atoms with E-state index >= 15 is 0 Å². The first-order chi connectivity index (χ1) is 30.5. The normalized spacial score (nSPS) is 37.5. The van der Waals surface area contributed by atoms with Gasteiger partial charge in [-0.2, -0.15) is 20.5 Å². The zero-order valence-electron chi connectivity index (χ0n) is 35.7. The minimum absolute atomic E-state index is 0. The number of nitrogens with two attached hydrogens (primary N) is 1. The van der Waals surface area contributed by atoms with Crippen LogP contribution in [-0.2, 0) is 62.6 Å². The van der Waals surface area contributed by atoms with Crippen LogP contribution >= 0.6 is 0 Å². The van der Waals surface area contributed by atoms with E-state index in [4.69, 9.17) is 29.4 Å². The van der Waals surface area contributed by atoms with Crippen molar-refractivity contribution in [2.45, 2.75) is 154 Å². The van der Waals surface area contributed by atoms with Crippen LogP contribution in [-0.4, -0.2) is 224 Å². The van der Waals surface area contributed by atoms with E-state index in [1.807, 2.05) is 0 Å². The molecule has 0 aromatic heterocycles. The van der Waals surface area contributed by atoms with Gasteiger partial charge in [0.2, 0.25) is 5.91 Å². The molecule has 30 nitrogen and oxygen atoms in total. The average molecular weight is 981 g/mol. The molecule has 3 amide bonds. The number of hydrogen-bond acceptors (Lipinski definition) is 28. The third-order valence-electron chi connectivity index (χ3n) is 11.1. The van der Waals surface area contributed by atoms with Crippen molar-refractivity contribution in [2.24, 2.45) is 26.2 Å². The van der Waals surface area contributed by atoms with Gasteiger partial charge in [-0.3, -0.25) is 14.4 Å². The number of nitrogens with one attached hydrogen (secondary N) is 2. The van der Waals surface area contributed by atoms with Crippen LogP contribution in [0.15, 0.2) is 20.5 Å². The number of imide groups is 1. The van der Waals surface area contributed by atoms with Crippen molar-refractivity contribution in [1.82, 2.24) is 15.7 Å². The second-order valence-corrected chi connectivity index (χ2v) is 17.7. The van der Waals surface area contributed by atoms with Crippen LogP contribution in [0.1, 0.15) is 46.0 Å². The minimum atomic E-state index is -4.96. The van der Waals surface area contributed by atoms with E-state index < -0.39 is 169 Å². The number of hydroxylamine groups is 2. The predicted octanol–water partition coefficient (Wildman–Crippen LogP) is -10.6. The van der Waals surface area contributed by atoms with Gasteiger partial charge in [-0.1, -0.05) is 0 Å². The summed E-state index contributed by atoms with van der Waals surface area (Å²) in [4.78, 5) is 62.6. The zero-order chi connectivity index (χ0) is 48.2. The molecule has 6 heterocycles. The molecule has 368 valence electrons. The molecule has 32 heteroatoms. The molecule has 66 heavy (non-hydrogen) atoms. The number of ether oxygens (including phenoxy) is 5. The molecule has 0 radical (unpaired) electrons. The van der Waals surface area contributed by atoms with Gasteiger partial charge in [0.05, 0.1) is 51.3 Å². The number of rotatable bonds is 19. The molecule has 0 aliphatic carbocycles. The van der Waals surface area contributed by atoms with Crippen molar-refractivity contribution < 1.29 is 136 Å². The number of hydrogen-bond donors (Lipinski definition) is 11. The summed E-state index contributed by atoms with van der Waals surface area (Å²) in [5.74, 6) is -3.85. The number of carbonyl (C=O) groups is 5. The summed E-state index contributed by atoms with van der Waals surface area (Å²) in [6.07, 6.45) is -18.2. The van der Waals surface area contributed by atoms with Gasteiger partial charge in [-0.05, 0) is 13.8 Å². The third kappa shape index (κ3) is 13.7. The molecule has 12 N–H and O–H groups in total. The number of aliphatic hydroxyl groups is 8. The smallest absolute Gasteiger partial charge is 0.747 e. The summed E-state index contributed by atoms with van der Waals surface area (Å²) in [5, 5.41) is 101. The fourth-order valence-corrected chi connectivity index (χ4v) is 7.75. The SMILES string of the molecule is CC1(CCC(=O)NC2C(O)OC(CO)C(OC3OC(CO)C(OC4OC(CO)C(O)C(O)C4N)C(O)C3NCC=O)C2O)N=N1.CC1(CCC(=O)ON2C(=O)CC(S(=O)(=O)[O-])C2=O)N=N1.[Na+]. The Hall–Kier alpha value is -2.74. The van der Waals surface area contributed by atoms with E-state index in [0.29, 0.717) is 12.7 Å². The topological polar surface area (TPSA) is 463 Å². The summed E-state index contributed by atoms with van der Waals surface area (Å²) in [6.45, 7) is 0.834. The average Bonchev–Trinajstić information content (AvgIpc) is 4.17. The molecule has 4 saturated heterocycles. The summed E-state index contributed by atoms with van der Waals surface area (Å²) >= 11 is 0. The van der Waals surface area contributed by atoms with E-state index in [2.05, 4.69) is 35.9 Å². The molecule has 0 aromatic rings. The number of aldehydes is 1.